The number of hydrogen-bond acceptors (Lipinski definition) is 6. The van der Waals surface area contributed by atoms with Crippen LogP contribution in [-0.4, -0.2) is 54.1 Å². The van der Waals surface area contributed by atoms with E-state index in [9.17, 15) is 24.0 Å². The van der Waals surface area contributed by atoms with Gasteiger partial charge in [-0.15, -0.1) is 0 Å². The largest absolute Gasteiger partial charge is 0.469 e. The summed E-state index contributed by atoms with van der Waals surface area (Å²) in [4.78, 5) is 60.5. The summed E-state index contributed by atoms with van der Waals surface area (Å²) in [5, 5.41) is 2.44. The van der Waals surface area contributed by atoms with Crippen molar-refractivity contribution in [1.29, 1.82) is 0 Å². The summed E-state index contributed by atoms with van der Waals surface area (Å²) >= 11 is 0. The molecule has 0 unspecified atom stereocenters. The lowest BCUT2D eigenvalue weighted by molar-refractivity contribution is -0.141. The Bertz CT molecular complexity index is 784. The number of fused-ring (bicyclic) bond motifs is 1. The van der Waals surface area contributed by atoms with Crippen molar-refractivity contribution in [3.05, 3.63) is 34.9 Å². The Kier molecular flexibility index (Phi) is 5.86. The van der Waals surface area contributed by atoms with Gasteiger partial charge >= 0.3 is 5.97 Å². The standard InChI is InChI=1S/C18H20N2O6/c1-10(2)20-17(24)13-6-4-11(8-14(13)18(20)25)16(23)19-9-12(21)5-7-15(22)26-3/h4,6,8,10H,5,7,9H2,1-3H3,(H,19,23). The van der Waals surface area contributed by atoms with Crippen LogP contribution in [0.15, 0.2) is 18.2 Å². The smallest absolute Gasteiger partial charge is 0.305 e. The monoisotopic (exact) mass is 360 g/mol. The molecule has 1 aliphatic rings. The van der Waals surface area contributed by atoms with Crippen LogP contribution in [0.4, 0.5) is 0 Å². The third kappa shape index (κ3) is 3.96. The minimum Gasteiger partial charge on any atom is -0.469 e. The van der Waals surface area contributed by atoms with Gasteiger partial charge in [0.15, 0.2) is 5.78 Å². The van der Waals surface area contributed by atoms with Crippen LogP contribution in [0, 0.1) is 0 Å². The fourth-order valence-electron chi connectivity index (χ4n) is 2.58. The molecule has 26 heavy (non-hydrogen) atoms. The van der Waals surface area contributed by atoms with Gasteiger partial charge in [0.1, 0.15) is 0 Å². The van der Waals surface area contributed by atoms with E-state index in [0.29, 0.717) is 0 Å². The zero-order chi connectivity index (χ0) is 19.4. The third-order valence-corrected chi connectivity index (χ3v) is 3.98. The summed E-state index contributed by atoms with van der Waals surface area (Å²) in [6.07, 6.45) is -0.0842. The maximum atomic E-state index is 12.3. The molecule has 0 bridgehead atoms. The second kappa shape index (κ2) is 7.90. The highest BCUT2D eigenvalue weighted by Crippen LogP contribution is 2.25. The maximum Gasteiger partial charge on any atom is 0.305 e. The molecule has 1 aliphatic heterocycles. The van der Waals surface area contributed by atoms with Crippen molar-refractivity contribution < 1.29 is 28.7 Å². The minimum atomic E-state index is -0.539. The van der Waals surface area contributed by atoms with Crippen molar-refractivity contribution in [2.75, 3.05) is 13.7 Å². The van der Waals surface area contributed by atoms with Gasteiger partial charge in [-0.2, -0.15) is 0 Å². The predicted molar refractivity (Wildman–Crippen MR) is 90.7 cm³/mol. The number of esters is 1. The molecule has 2 rings (SSSR count). The zero-order valence-corrected chi connectivity index (χ0v) is 14.8. The number of benzene rings is 1. The highest BCUT2D eigenvalue weighted by atomic mass is 16.5. The normalized spacial score (nSPS) is 13.0. The second-order valence-corrected chi connectivity index (χ2v) is 6.13. The van der Waals surface area contributed by atoms with Crippen LogP contribution in [0.5, 0.6) is 0 Å². The first-order chi connectivity index (χ1) is 12.3. The number of hydrogen-bond donors (Lipinski definition) is 1. The molecule has 0 atom stereocenters. The van der Waals surface area contributed by atoms with Crippen LogP contribution in [0.25, 0.3) is 0 Å². The van der Waals surface area contributed by atoms with E-state index in [2.05, 4.69) is 10.1 Å². The van der Waals surface area contributed by atoms with E-state index in [-0.39, 0.29) is 53.8 Å². The minimum absolute atomic E-state index is 0.0342. The topological polar surface area (TPSA) is 110 Å². The average molecular weight is 360 g/mol. The maximum absolute atomic E-state index is 12.3. The molecule has 8 heteroatoms. The van der Waals surface area contributed by atoms with Crippen LogP contribution in [0.1, 0.15) is 57.8 Å². The van der Waals surface area contributed by atoms with Crippen molar-refractivity contribution in [1.82, 2.24) is 10.2 Å². The molecule has 0 radical (unpaired) electrons. The molecule has 0 aliphatic carbocycles. The summed E-state index contributed by atoms with van der Waals surface area (Å²) in [6, 6.07) is 3.94. The predicted octanol–water partition coefficient (Wildman–Crippen LogP) is 0.943. The summed E-state index contributed by atoms with van der Waals surface area (Å²) in [5.41, 5.74) is 0.610. The van der Waals surface area contributed by atoms with Crippen molar-refractivity contribution >= 4 is 29.5 Å². The number of rotatable bonds is 7. The molecule has 8 nitrogen and oxygen atoms in total. The SMILES string of the molecule is COC(=O)CCC(=O)CNC(=O)c1ccc2c(c1)C(=O)N(C(C)C)C2=O. The molecule has 1 N–H and O–H groups in total. The van der Waals surface area contributed by atoms with Crippen LogP contribution in [0.3, 0.4) is 0 Å². The molecule has 0 aromatic heterocycles. The van der Waals surface area contributed by atoms with Gasteiger partial charge in [0.2, 0.25) is 0 Å². The number of methoxy groups -OCH3 is 1. The number of Topliss-reactive ketones (excluding diaryl/α,β-unsaturated/α-hetero) is 1. The van der Waals surface area contributed by atoms with E-state index < -0.39 is 17.8 Å². The van der Waals surface area contributed by atoms with Gasteiger partial charge in [0, 0.05) is 18.0 Å². The van der Waals surface area contributed by atoms with E-state index in [0.717, 1.165) is 4.90 Å². The third-order valence-electron chi connectivity index (χ3n) is 3.98. The summed E-state index contributed by atoms with van der Waals surface area (Å²) < 4.78 is 4.44. The van der Waals surface area contributed by atoms with Crippen molar-refractivity contribution in [2.45, 2.75) is 32.7 Å². The number of nitrogens with one attached hydrogen (secondary N) is 1. The second-order valence-electron chi connectivity index (χ2n) is 6.13. The quantitative estimate of drug-likeness (QED) is 0.572. The Balaban J connectivity index is 2.02. The fraction of sp³-hybridized carbons (Fsp3) is 0.389. The Hall–Kier alpha value is -3.03. The Morgan fingerprint density at radius 3 is 2.35 bits per heavy atom. The highest BCUT2D eigenvalue weighted by molar-refractivity contribution is 6.22. The molecule has 0 saturated carbocycles. The van der Waals surface area contributed by atoms with Gasteiger partial charge in [0.05, 0.1) is 31.2 Å². The molecule has 3 amide bonds. The number of carbonyl (C=O) groups excluding carboxylic acids is 5. The van der Waals surface area contributed by atoms with E-state index >= 15 is 0 Å². The number of amides is 3. The fourth-order valence-corrected chi connectivity index (χ4v) is 2.58. The van der Waals surface area contributed by atoms with Gasteiger partial charge in [-0.3, -0.25) is 28.9 Å². The van der Waals surface area contributed by atoms with E-state index in [4.69, 9.17) is 0 Å². The first-order valence-electron chi connectivity index (χ1n) is 8.15. The average Bonchev–Trinajstić information content (AvgIpc) is 2.87. The molecule has 0 fully saturated rings. The number of nitrogens with zero attached hydrogens (tertiary/aromatic N) is 1. The van der Waals surface area contributed by atoms with Crippen LogP contribution >= 0.6 is 0 Å². The van der Waals surface area contributed by atoms with Gasteiger partial charge in [-0.1, -0.05) is 0 Å². The van der Waals surface area contributed by atoms with Crippen LogP contribution < -0.4 is 5.32 Å². The van der Waals surface area contributed by atoms with Gasteiger partial charge in [-0.05, 0) is 32.0 Å². The number of ether oxygens (including phenoxy) is 1. The van der Waals surface area contributed by atoms with Gasteiger partial charge in [0.25, 0.3) is 17.7 Å². The van der Waals surface area contributed by atoms with Crippen molar-refractivity contribution in [3.8, 4) is 0 Å². The summed E-state index contributed by atoms with van der Waals surface area (Å²) in [5.74, 6) is -2.18. The first kappa shape index (κ1) is 19.3. The number of ketones is 1. The summed E-state index contributed by atoms with van der Waals surface area (Å²) in [6.45, 7) is 3.22. The van der Waals surface area contributed by atoms with Crippen molar-refractivity contribution in [2.24, 2.45) is 0 Å². The molecular weight excluding hydrogens is 340 g/mol. The Morgan fingerprint density at radius 2 is 1.73 bits per heavy atom. The lowest BCUT2D eigenvalue weighted by Crippen LogP contribution is -2.35. The molecule has 0 spiro atoms. The lowest BCUT2D eigenvalue weighted by Gasteiger charge is -2.17. The highest BCUT2D eigenvalue weighted by Gasteiger charge is 2.37. The van der Waals surface area contributed by atoms with Crippen LogP contribution in [-0.2, 0) is 14.3 Å². The van der Waals surface area contributed by atoms with Gasteiger partial charge < -0.3 is 10.1 Å². The first-order valence-corrected chi connectivity index (χ1v) is 8.15. The van der Waals surface area contributed by atoms with Crippen molar-refractivity contribution in [3.63, 3.8) is 0 Å². The molecular formula is C18H20N2O6. The van der Waals surface area contributed by atoms with Gasteiger partial charge in [-0.25, -0.2) is 0 Å². The van der Waals surface area contributed by atoms with E-state index in [1.807, 2.05) is 0 Å². The Labute approximate surface area is 150 Å². The van der Waals surface area contributed by atoms with E-state index in [1.54, 1.807) is 13.8 Å². The summed E-state index contributed by atoms with van der Waals surface area (Å²) in [7, 11) is 1.23. The van der Waals surface area contributed by atoms with Crippen LogP contribution in [0.2, 0.25) is 0 Å². The number of carbonyl (C=O) groups is 5. The molecule has 1 aromatic carbocycles. The van der Waals surface area contributed by atoms with E-state index in [1.165, 1.54) is 25.3 Å². The zero-order valence-electron chi connectivity index (χ0n) is 14.8. The molecule has 1 aromatic rings. The lowest BCUT2D eigenvalue weighted by atomic mass is 10.1. The Morgan fingerprint density at radius 1 is 1.08 bits per heavy atom. The number of imide groups is 1. The molecule has 1 heterocycles. The molecule has 0 saturated heterocycles. The molecule has 138 valence electrons.